The lowest BCUT2D eigenvalue weighted by Crippen LogP contribution is -2.08. The zero-order valence-electron chi connectivity index (χ0n) is 16.9. The van der Waals surface area contributed by atoms with E-state index in [4.69, 9.17) is 0 Å². The average Bonchev–Trinajstić information content (AvgIpc) is 2.75. The third-order valence-corrected chi connectivity index (χ3v) is 4.77. The number of aromatic nitrogens is 5. The Hall–Kier alpha value is -3.80. The average molecular weight is 395 g/mol. The van der Waals surface area contributed by atoms with Crippen LogP contribution in [-0.2, 0) is 17.6 Å². The molecule has 0 saturated carbocycles. The van der Waals surface area contributed by atoms with Gasteiger partial charge in [0.2, 0.25) is 0 Å². The maximum atomic E-state index is 12.5. The van der Waals surface area contributed by atoms with E-state index in [0.717, 1.165) is 45.0 Å². The van der Waals surface area contributed by atoms with Crippen LogP contribution in [0.2, 0.25) is 0 Å². The Kier molecular flexibility index (Phi) is 5.66. The van der Waals surface area contributed by atoms with Crippen LogP contribution in [0.1, 0.15) is 22.5 Å². The molecule has 148 valence electrons. The molecular formula is C24H21N5O. The first kappa shape index (κ1) is 19.5. The number of carbonyl (C=O) groups is 1. The number of nitrogens with zero attached hydrogens (tertiary/aromatic N) is 5. The highest BCUT2D eigenvalue weighted by molar-refractivity contribution is 5.83. The summed E-state index contributed by atoms with van der Waals surface area (Å²) in [5.74, 6) is 0.100. The van der Waals surface area contributed by atoms with Crippen molar-refractivity contribution in [1.29, 1.82) is 0 Å². The molecule has 4 rings (SSSR count). The molecule has 0 aliphatic carbocycles. The van der Waals surface area contributed by atoms with Crippen LogP contribution in [-0.4, -0.2) is 30.7 Å². The van der Waals surface area contributed by atoms with Crippen molar-refractivity contribution in [3.05, 3.63) is 90.0 Å². The molecule has 0 saturated heterocycles. The van der Waals surface area contributed by atoms with Crippen molar-refractivity contribution >= 4 is 5.78 Å². The molecule has 0 N–H and O–H groups in total. The molecule has 0 aromatic carbocycles. The molecule has 4 heterocycles. The van der Waals surface area contributed by atoms with Gasteiger partial charge in [-0.1, -0.05) is 6.07 Å². The van der Waals surface area contributed by atoms with Crippen LogP contribution in [0.15, 0.2) is 67.5 Å². The SMILES string of the molecule is Cc1cc(-c2ncc(CC(=O)Cc3ccc(-c4cnccn4)cn3)cc2C)ccn1. The van der Waals surface area contributed by atoms with Gasteiger partial charge < -0.3 is 0 Å². The zero-order valence-corrected chi connectivity index (χ0v) is 16.9. The Bertz CT molecular complexity index is 1170. The molecule has 0 unspecified atom stereocenters. The van der Waals surface area contributed by atoms with Crippen LogP contribution in [0.25, 0.3) is 22.5 Å². The standard InChI is InChI=1S/C24H21N5O/c1-16-9-18(13-29-24(16)19-5-6-26-17(2)10-19)11-22(30)12-21-4-3-20(14-28-21)23-15-25-7-8-27-23/h3-10,13-15H,11-12H2,1-2H3. The first-order valence-electron chi connectivity index (χ1n) is 9.70. The summed E-state index contributed by atoms with van der Waals surface area (Å²) in [6.07, 6.45) is 10.9. The predicted molar refractivity (Wildman–Crippen MR) is 115 cm³/mol. The fraction of sp³-hybridized carbons (Fsp3) is 0.167. The van der Waals surface area contributed by atoms with Crippen molar-refractivity contribution in [2.24, 2.45) is 0 Å². The molecule has 0 radical (unpaired) electrons. The second kappa shape index (κ2) is 8.69. The molecule has 4 aromatic rings. The summed E-state index contributed by atoms with van der Waals surface area (Å²) in [6, 6.07) is 9.76. The Morgan fingerprint density at radius 2 is 1.70 bits per heavy atom. The third-order valence-electron chi connectivity index (χ3n) is 4.77. The van der Waals surface area contributed by atoms with E-state index in [-0.39, 0.29) is 12.2 Å². The predicted octanol–water partition coefficient (Wildman–Crippen LogP) is 3.97. The lowest BCUT2D eigenvalue weighted by molar-refractivity contribution is -0.117. The van der Waals surface area contributed by atoms with Crippen molar-refractivity contribution in [2.45, 2.75) is 26.7 Å². The number of pyridine rings is 3. The number of aryl methyl sites for hydroxylation is 2. The maximum absolute atomic E-state index is 12.5. The molecular weight excluding hydrogens is 374 g/mol. The summed E-state index contributed by atoms with van der Waals surface area (Å²) < 4.78 is 0. The topological polar surface area (TPSA) is 81.5 Å². The molecule has 0 aliphatic rings. The normalized spacial score (nSPS) is 10.7. The molecule has 4 aromatic heterocycles. The van der Waals surface area contributed by atoms with E-state index >= 15 is 0 Å². The first-order valence-corrected chi connectivity index (χ1v) is 9.70. The van der Waals surface area contributed by atoms with Gasteiger partial charge in [-0.25, -0.2) is 0 Å². The van der Waals surface area contributed by atoms with Crippen molar-refractivity contribution < 1.29 is 4.79 Å². The van der Waals surface area contributed by atoms with Gasteiger partial charge in [0.25, 0.3) is 0 Å². The number of ketones is 1. The van der Waals surface area contributed by atoms with Crippen molar-refractivity contribution in [2.75, 3.05) is 0 Å². The number of carbonyl (C=O) groups excluding carboxylic acids is 1. The molecule has 0 spiro atoms. The Balaban J connectivity index is 1.42. The molecule has 0 fully saturated rings. The van der Waals surface area contributed by atoms with Gasteiger partial charge in [-0.05, 0) is 49.2 Å². The molecule has 6 heteroatoms. The van der Waals surface area contributed by atoms with Crippen LogP contribution in [0.5, 0.6) is 0 Å². The van der Waals surface area contributed by atoms with Crippen LogP contribution in [0, 0.1) is 13.8 Å². The molecule has 30 heavy (non-hydrogen) atoms. The quantitative estimate of drug-likeness (QED) is 0.491. The number of hydrogen-bond donors (Lipinski definition) is 0. The molecule has 0 aliphatic heterocycles. The van der Waals surface area contributed by atoms with E-state index in [2.05, 4.69) is 24.9 Å². The van der Waals surface area contributed by atoms with Gasteiger partial charge in [-0.2, -0.15) is 0 Å². The largest absolute Gasteiger partial charge is 0.299 e. The minimum atomic E-state index is 0.100. The second-order valence-corrected chi connectivity index (χ2v) is 7.22. The summed E-state index contributed by atoms with van der Waals surface area (Å²) in [4.78, 5) is 34.1. The lowest BCUT2D eigenvalue weighted by atomic mass is 10.0. The summed E-state index contributed by atoms with van der Waals surface area (Å²) in [6.45, 7) is 3.97. The fourth-order valence-corrected chi connectivity index (χ4v) is 3.35. The second-order valence-electron chi connectivity index (χ2n) is 7.22. The van der Waals surface area contributed by atoms with Crippen LogP contribution < -0.4 is 0 Å². The van der Waals surface area contributed by atoms with Gasteiger partial charge >= 0.3 is 0 Å². The van der Waals surface area contributed by atoms with Crippen LogP contribution in [0.3, 0.4) is 0 Å². The minimum absolute atomic E-state index is 0.100. The summed E-state index contributed by atoms with van der Waals surface area (Å²) in [7, 11) is 0. The van der Waals surface area contributed by atoms with Gasteiger partial charge in [0.1, 0.15) is 5.78 Å². The number of rotatable bonds is 6. The minimum Gasteiger partial charge on any atom is -0.299 e. The van der Waals surface area contributed by atoms with Crippen molar-refractivity contribution in [3.8, 4) is 22.5 Å². The highest BCUT2D eigenvalue weighted by atomic mass is 16.1. The smallest absolute Gasteiger partial charge is 0.143 e. The van der Waals surface area contributed by atoms with Crippen molar-refractivity contribution in [1.82, 2.24) is 24.9 Å². The maximum Gasteiger partial charge on any atom is 0.143 e. The van der Waals surface area contributed by atoms with Gasteiger partial charge in [-0.3, -0.25) is 29.7 Å². The zero-order chi connectivity index (χ0) is 20.9. The number of hydrogen-bond acceptors (Lipinski definition) is 6. The first-order chi connectivity index (χ1) is 14.6. The van der Waals surface area contributed by atoms with E-state index in [9.17, 15) is 4.79 Å². The number of Topliss-reactive ketones (excluding diaryl/α,β-unsaturated/α-hetero) is 1. The van der Waals surface area contributed by atoms with E-state index in [0.29, 0.717) is 6.42 Å². The third kappa shape index (κ3) is 4.60. The van der Waals surface area contributed by atoms with Gasteiger partial charge in [0.15, 0.2) is 0 Å². The summed E-state index contributed by atoms with van der Waals surface area (Å²) >= 11 is 0. The molecule has 0 amide bonds. The Morgan fingerprint density at radius 1 is 0.800 bits per heavy atom. The van der Waals surface area contributed by atoms with Crippen LogP contribution >= 0.6 is 0 Å². The van der Waals surface area contributed by atoms with Gasteiger partial charge in [-0.15, -0.1) is 0 Å². The molecule has 0 bridgehead atoms. The Labute approximate surface area is 175 Å². The van der Waals surface area contributed by atoms with Gasteiger partial charge in [0, 0.05) is 66.3 Å². The lowest BCUT2D eigenvalue weighted by Gasteiger charge is -2.08. The highest BCUT2D eigenvalue weighted by Crippen LogP contribution is 2.22. The summed E-state index contributed by atoms with van der Waals surface area (Å²) in [5, 5.41) is 0. The highest BCUT2D eigenvalue weighted by Gasteiger charge is 2.10. The summed E-state index contributed by atoms with van der Waals surface area (Å²) in [5.41, 5.74) is 7.21. The van der Waals surface area contributed by atoms with E-state index < -0.39 is 0 Å². The van der Waals surface area contributed by atoms with Crippen LogP contribution in [0.4, 0.5) is 0 Å². The van der Waals surface area contributed by atoms with Crippen molar-refractivity contribution in [3.63, 3.8) is 0 Å². The molecule has 0 atom stereocenters. The Morgan fingerprint density at radius 3 is 2.40 bits per heavy atom. The fourth-order valence-electron chi connectivity index (χ4n) is 3.35. The van der Waals surface area contributed by atoms with E-state index in [1.807, 2.05) is 44.2 Å². The monoisotopic (exact) mass is 395 g/mol. The van der Waals surface area contributed by atoms with E-state index in [1.54, 1.807) is 37.2 Å². The molecule has 6 nitrogen and oxygen atoms in total. The van der Waals surface area contributed by atoms with E-state index in [1.165, 1.54) is 0 Å². The van der Waals surface area contributed by atoms with Gasteiger partial charge in [0.05, 0.1) is 17.6 Å².